The van der Waals surface area contributed by atoms with E-state index in [4.69, 9.17) is 4.98 Å². The quantitative estimate of drug-likeness (QED) is 0.678. The molecule has 5 heteroatoms. The summed E-state index contributed by atoms with van der Waals surface area (Å²) in [4.78, 5) is 22.1. The fourth-order valence-corrected chi connectivity index (χ4v) is 3.86. The summed E-state index contributed by atoms with van der Waals surface area (Å²) in [7, 11) is 2.12. The average molecular weight is 362 g/mol. The molecule has 27 heavy (non-hydrogen) atoms. The number of anilines is 1. The highest BCUT2D eigenvalue weighted by Gasteiger charge is 2.35. The molecule has 1 aliphatic rings. The van der Waals surface area contributed by atoms with Gasteiger partial charge in [0.2, 0.25) is 0 Å². The zero-order valence-corrected chi connectivity index (χ0v) is 16.2. The van der Waals surface area contributed by atoms with Crippen LogP contribution < -0.4 is 4.90 Å². The molecule has 3 aromatic rings. The molecule has 1 amide bonds. The van der Waals surface area contributed by atoms with Gasteiger partial charge < -0.3 is 9.80 Å². The van der Waals surface area contributed by atoms with Crippen LogP contribution in [0.2, 0.25) is 0 Å². The number of benzene rings is 2. The van der Waals surface area contributed by atoms with E-state index in [0.29, 0.717) is 0 Å². The van der Waals surface area contributed by atoms with Crippen molar-refractivity contribution in [3.05, 3.63) is 60.4 Å². The lowest BCUT2D eigenvalue weighted by atomic mass is 10.0. The maximum Gasteiger partial charge on any atom is 0.330 e. The maximum absolute atomic E-state index is 13.1. The third kappa shape index (κ3) is 3.18. The lowest BCUT2D eigenvalue weighted by molar-refractivity contribution is 0.167. The van der Waals surface area contributed by atoms with Crippen LogP contribution in [-0.2, 0) is 0 Å². The zero-order valence-electron chi connectivity index (χ0n) is 16.2. The summed E-state index contributed by atoms with van der Waals surface area (Å²) in [5.41, 5.74) is 3.01. The van der Waals surface area contributed by atoms with E-state index < -0.39 is 0 Å². The van der Waals surface area contributed by atoms with Gasteiger partial charge in [-0.25, -0.2) is 14.3 Å². The van der Waals surface area contributed by atoms with Gasteiger partial charge in [-0.2, -0.15) is 0 Å². The van der Waals surface area contributed by atoms with Gasteiger partial charge in [0.15, 0.2) is 0 Å². The highest BCUT2D eigenvalue weighted by atomic mass is 16.2. The second-order valence-corrected chi connectivity index (χ2v) is 7.57. The lowest BCUT2D eigenvalue weighted by Gasteiger charge is -2.36. The fourth-order valence-electron chi connectivity index (χ4n) is 3.86. The molecule has 0 spiro atoms. The second-order valence-electron chi connectivity index (χ2n) is 7.57. The van der Waals surface area contributed by atoms with Crippen LogP contribution in [0.4, 0.5) is 10.5 Å². The summed E-state index contributed by atoms with van der Waals surface area (Å²) in [6, 6.07) is 18.5. The highest BCUT2D eigenvalue weighted by Crippen LogP contribution is 2.31. The molecule has 1 atom stereocenters. The largest absolute Gasteiger partial charge is 0.375 e. The average Bonchev–Trinajstić information content (AvgIpc) is 3.08. The van der Waals surface area contributed by atoms with Gasteiger partial charge in [-0.15, -0.1) is 0 Å². The first-order chi connectivity index (χ1) is 13.1. The van der Waals surface area contributed by atoms with Crippen molar-refractivity contribution in [2.45, 2.75) is 32.2 Å². The molecule has 0 N–H and O–H groups in total. The number of para-hydroxylation sites is 3. The van der Waals surface area contributed by atoms with Crippen LogP contribution in [0.1, 0.15) is 32.0 Å². The number of carbonyl (C=O) groups is 1. The molecule has 1 unspecified atom stereocenters. The first-order valence-electron chi connectivity index (χ1n) is 9.61. The number of fused-ring (bicyclic) bond motifs is 3. The van der Waals surface area contributed by atoms with E-state index in [1.54, 1.807) is 0 Å². The monoisotopic (exact) mass is 362 g/mol. The first-order valence-corrected chi connectivity index (χ1v) is 9.61. The van der Waals surface area contributed by atoms with E-state index in [0.717, 1.165) is 36.4 Å². The van der Waals surface area contributed by atoms with Gasteiger partial charge in [0, 0.05) is 37.8 Å². The zero-order chi connectivity index (χ0) is 19.0. The number of amides is 1. The molecular formula is C22H26N4O. The van der Waals surface area contributed by atoms with Crippen LogP contribution in [0.15, 0.2) is 54.6 Å². The molecule has 5 nitrogen and oxygen atoms in total. The Bertz CT molecular complexity index is 947. The van der Waals surface area contributed by atoms with Gasteiger partial charge in [-0.1, -0.05) is 30.3 Å². The minimum atomic E-state index is 0.0429. The number of nitrogens with zero attached hydrogens (tertiary/aromatic N) is 4. The third-order valence-corrected chi connectivity index (χ3v) is 5.44. The molecule has 0 aliphatic carbocycles. The van der Waals surface area contributed by atoms with E-state index in [1.807, 2.05) is 39.8 Å². The van der Waals surface area contributed by atoms with Crippen LogP contribution in [0, 0.1) is 0 Å². The Morgan fingerprint density at radius 2 is 1.81 bits per heavy atom. The minimum absolute atomic E-state index is 0.0429. The standard InChI is InChI=1S/C22H26N4O/c1-16(2)25-15-17(13-14-24(3)18-9-5-4-6-10-18)21-23-19-11-7-8-12-20(19)26(21)22(25)27/h4-12,16-17H,13-15H2,1-3H3. The molecule has 2 heterocycles. The molecule has 0 saturated carbocycles. The Balaban J connectivity index is 1.64. The minimum Gasteiger partial charge on any atom is -0.375 e. The number of carbonyl (C=O) groups excluding carboxylic acids is 1. The van der Waals surface area contributed by atoms with Crippen LogP contribution in [0.5, 0.6) is 0 Å². The summed E-state index contributed by atoms with van der Waals surface area (Å²) in [6.45, 7) is 5.80. The van der Waals surface area contributed by atoms with Gasteiger partial charge in [0.25, 0.3) is 0 Å². The topological polar surface area (TPSA) is 41.4 Å². The summed E-state index contributed by atoms with van der Waals surface area (Å²) in [5, 5.41) is 0. The molecule has 140 valence electrons. The smallest absolute Gasteiger partial charge is 0.330 e. The number of rotatable bonds is 5. The van der Waals surface area contributed by atoms with Gasteiger partial charge in [0.1, 0.15) is 5.82 Å². The van der Waals surface area contributed by atoms with E-state index in [1.165, 1.54) is 5.69 Å². The normalized spacial score (nSPS) is 16.8. The summed E-state index contributed by atoms with van der Waals surface area (Å²) in [5.74, 6) is 1.13. The second kappa shape index (κ2) is 7.06. The van der Waals surface area contributed by atoms with Crippen molar-refractivity contribution in [1.29, 1.82) is 0 Å². The van der Waals surface area contributed by atoms with E-state index in [-0.39, 0.29) is 18.0 Å². The van der Waals surface area contributed by atoms with E-state index >= 15 is 0 Å². The number of aromatic nitrogens is 2. The van der Waals surface area contributed by atoms with E-state index in [9.17, 15) is 4.79 Å². The van der Waals surface area contributed by atoms with Crippen molar-refractivity contribution in [3.8, 4) is 0 Å². The van der Waals surface area contributed by atoms with Crippen molar-refractivity contribution >= 4 is 22.8 Å². The molecule has 1 aromatic heterocycles. The van der Waals surface area contributed by atoms with Crippen LogP contribution in [0.25, 0.3) is 11.0 Å². The predicted molar refractivity (Wildman–Crippen MR) is 109 cm³/mol. The van der Waals surface area contributed by atoms with Crippen molar-refractivity contribution in [1.82, 2.24) is 14.5 Å². The Hall–Kier alpha value is -2.82. The molecular weight excluding hydrogens is 336 g/mol. The molecule has 1 aliphatic heterocycles. The lowest BCUT2D eigenvalue weighted by Crippen LogP contribution is -2.47. The van der Waals surface area contributed by atoms with Gasteiger partial charge >= 0.3 is 6.03 Å². The van der Waals surface area contributed by atoms with Crippen molar-refractivity contribution in [3.63, 3.8) is 0 Å². The molecule has 2 aromatic carbocycles. The first kappa shape index (κ1) is 17.6. The van der Waals surface area contributed by atoms with Gasteiger partial charge in [0.05, 0.1) is 11.0 Å². The summed E-state index contributed by atoms with van der Waals surface area (Å²) >= 11 is 0. The Morgan fingerprint density at radius 3 is 2.56 bits per heavy atom. The number of hydrogen-bond donors (Lipinski definition) is 0. The summed E-state index contributed by atoms with van der Waals surface area (Å²) < 4.78 is 1.83. The van der Waals surface area contributed by atoms with Gasteiger partial charge in [-0.3, -0.25) is 0 Å². The van der Waals surface area contributed by atoms with Crippen LogP contribution in [-0.4, -0.2) is 46.7 Å². The predicted octanol–water partition coefficient (Wildman–Crippen LogP) is 4.34. The van der Waals surface area contributed by atoms with Crippen molar-refractivity contribution in [2.75, 3.05) is 25.0 Å². The van der Waals surface area contributed by atoms with Gasteiger partial charge in [-0.05, 0) is 44.5 Å². The van der Waals surface area contributed by atoms with E-state index in [2.05, 4.69) is 50.1 Å². The maximum atomic E-state index is 13.1. The molecule has 0 radical (unpaired) electrons. The van der Waals surface area contributed by atoms with Crippen molar-refractivity contribution < 1.29 is 4.79 Å². The summed E-state index contributed by atoms with van der Waals surface area (Å²) in [6.07, 6.45) is 0.950. The molecule has 4 rings (SSSR count). The number of hydrogen-bond acceptors (Lipinski definition) is 3. The fraction of sp³-hybridized carbons (Fsp3) is 0.364. The SMILES string of the molecule is CC(C)N1CC(CCN(C)c2ccccc2)c2nc3ccccc3n2C1=O. The van der Waals surface area contributed by atoms with Crippen molar-refractivity contribution in [2.24, 2.45) is 0 Å². The van der Waals surface area contributed by atoms with Crippen LogP contribution in [0.3, 0.4) is 0 Å². The molecule has 0 bridgehead atoms. The third-order valence-electron chi connectivity index (χ3n) is 5.44. The molecule has 0 saturated heterocycles. The molecule has 0 fully saturated rings. The van der Waals surface area contributed by atoms with Crippen LogP contribution >= 0.6 is 0 Å². The Morgan fingerprint density at radius 1 is 1.11 bits per heavy atom. The Labute approximate surface area is 160 Å². The highest BCUT2D eigenvalue weighted by molar-refractivity contribution is 5.91. The number of imidazole rings is 1. The Kier molecular flexibility index (Phi) is 4.60.